The highest BCUT2D eigenvalue weighted by atomic mass is 16.2. The van der Waals surface area contributed by atoms with Crippen molar-refractivity contribution in [1.29, 1.82) is 0 Å². The maximum absolute atomic E-state index is 12.3. The largest absolute Gasteiger partial charge is 0.352 e. The van der Waals surface area contributed by atoms with Gasteiger partial charge in [0.2, 0.25) is 11.8 Å². The highest BCUT2D eigenvalue weighted by Crippen LogP contribution is 2.28. The van der Waals surface area contributed by atoms with E-state index in [1.165, 1.54) is 6.92 Å². The summed E-state index contributed by atoms with van der Waals surface area (Å²) in [5.74, 6) is -0.255. The molecule has 0 heterocycles. The van der Waals surface area contributed by atoms with Crippen LogP contribution in [0.25, 0.3) is 0 Å². The average Bonchev–Trinajstić information content (AvgIpc) is 2.25. The molecule has 1 saturated carbocycles. The van der Waals surface area contributed by atoms with Gasteiger partial charge in [-0.15, -0.1) is 0 Å². The molecule has 1 fully saturated rings. The second kappa shape index (κ2) is 5.69. The van der Waals surface area contributed by atoms with Crippen molar-refractivity contribution in [3.63, 3.8) is 0 Å². The topological polar surface area (TPSA) is 84.2 Å². The molecule has 104 valence electrons. The van der Waals surface area contributed by atoms with E-state index >= 15 is 0 Å². The first kappa shape index (κ1) is 15.0. The van der Waals surface area contributed by atoms with E-state index in [0.29, 0.717) is 19.4 Å². The van der Waals surface area contributed by atoms with Crippen LogP contribution >= 0.6 is 0 Å². The minimum Gasteiger partial charge on any atom is -0.352 e. The zero-order valence-corrected chi connectivity index (χ0v) is 11.6. The fourth-order valence-electron chi connectivity index (χ4n) is 2.38. The highest BCUT2D eigenvalue weighted by molar-refractivity contribution is 5.91. The summed E-state index contributed by atoms with van der Waals surface area (Å²) in [6.45, 7) is 5.59. The van der Waals surface area contributed by atoms with E-state index in [-0.39, 0.29) is 11.8 Å². The molecule has 0 aromatic heterocycles. The second-order valence-corrected chi connectivity index (χ2v) is 6.00. The van der Waals surface area contributed by atoms with Crippen molar-refractivity contribution in [2.75, 3.05) is 6.54 Å². The van der Waals surface area contributed by atoms with Gasteiger partial charge in [0, 0.05) is 19.0 Å². The number of carbonyl (C=O) groups excluding carboxylic acids is 2. The predicted molar refractivity (Wildman–Crippen MR) is 70.9 cm³/mol. The van der Waals surface area contributed by atoms with Gasteiger partial charge in [0.25, 0.3) is 0 Å². The van der Waals surface area contributed by atoms with Crippen molar-refractivity contribution < 1.29 is 9.59 Å². The molecule has 5 nitrogen and oxygen atoms in total. The lowest BCUT2D eigenvalue weighted by molar-refractivity contribution is -0.134. The van der Waals surface area contributed by atoms with Crippen LogP contribution in [0.3, 0.4) is 0 Å². The summed E-state index contributed by atoms with van der Waals surface area (Å²) >= 11 is 0. The van der Waals surface area contributed by atoms with Gasteiger partial charge in [-0.1, -0.05) is 19.3 Å². The molecule has 0 bridgehead atoms. The Hall–Kier alpha value is -1.10. The predicted octanol–water partition coefficient (Wildman–Crippen LogP) is 0.679. The molecule has 1 aliphatic rings. The smallest absolute Gasteiger partial charge is 0.245 e. The molecule has 0 aromatic carbocycles. The van der Waals surface area contributed by atoms with E-state index in [4.69, 9.17) is 5.73 Å². The van der Waals surface area contributed by atoms with Crippen LogP contribution in [0.1, 0.15) is 52.9 Å². The molecule has 0 aliphatic heterocycles. The zero-order chi connectivity index (χ0) is 13.8. The van der Waals surface area contributed by atoms with E-state index in [1.54, 1.807) is 0 Å². The van der Waals surface area contributed by atoms with Gasteiger partial charge in [-0.2, -0.15) is 0 Å². The Kier molecular flexibility index (Phi) is 4.73. The van der Waals surface area contributed by atoms with Crippen molar-refractivity contribution in [3.05, 3.63) is 0 Å². The normalized spacial score (nSPS) is 19.1. The van der Waals surface area contributed by atoms with Gasteiger partial charge in [-0.3, -0.25) is 9.59 Å². The fourth-order valence-corrected chi connectivity index (χ4v) is 2.38. The van der Waals surface area contributed by atoms with Crippen LogP contribution in [0.5, 0.6) is 0 Å². The van der Waals surface area contributed by atoms with Gasteiger partial charge < -0.3 is 16.4 Å². The number of carbonyl (C=O) groups is 2. The third-order valence-electron chi connectivity index (χ3n) is 3.26. The molecule has 0 aromatic rings. The van der Waals surface area contributed by atoms with Gasteiger partial charge >= 0.3 is 0 Å². The van der Waals surface area contributed by atoms with Gasteiger partial charge in [0.1, 0.15) is 5.54 Å². The first-order chi connectivity index (χ1) is 8.25. The number of hydrogen-bond donors (Lipinski definition) is 3. The first-order valence-corrected chi connectivity index (χ1v) is 6.61. The molecule has 5 heteroatoms. The molecule has 0 saturated heterocycles. The summed E-state index contributed by atoms with van der Waals surface area (Å²) in [7, 11) is 0. The average molecular weight is 255 g/mol. The summed E-state index contributed by atoms with van der Waals surface area (Å²) in [4.78, 5) is 23.6. The van der Waals surface area contributed by atoms with Crippen molar-refractivity contribution in [2.24, 2.45) is 5.73 Å². The van der Waals surface area contributed by atoms with Crippen molar-refractivity contribution in [1.82, 2.24) is 10.6 Å². The third-order valence-corrected chi connectivity index (χ3v) is 3.26. The van der Waals surface area contributed by atoms with Gasteiger partial charge in [-0.05, 0) is 26.7 Å². The Morgan fingerprint density at radius 2 is 1.78 bits per heavy atom. The standard InChI is InChI=1S/C13H25N3O2/c1-10(17)16-13(7-5-4-6-8-13)11(18)15-9-12(2,3)14/h4-9,14H2,1-3H3,(H,15,18)(H,16,17). The number of rotatable bonds is 4. The third kappa shape index (κ3) is 4.29. The molecule has 0 spiro atoms. The maximum atomic E-state index is 12.3. The van der Waals surface area contributed by atoms with E-state index in [0.717, 1.165) is 19.3 Å². The zero-order valence-electron chi connectivity index (χ0n) is 11.6. The van der Waals surface area contributed by atoms with E-state index < -0.39 is 11.1 Å². The number of nitrogens with two attached hydrogens (primary N) is 1. The molecule has 2 amide bonds. The van der Waals surface area contributed by atoms with Crippen molar-refractivity contribution >= 4 is 11.8 Å². The molecule has 0 atom stereocenters. The van der Waals surface area contributed by atoms with Crippen LogP contribution in [0.2, 0.25) is 0 Å². The molecule has 18 heavy (non-hydrogen) atoms. The first-order valence-electron chi connectivity index (χ1n) is 6.61. The summed E-state index contributed by atoms with van der Waals surface area (Å²) in [5, 5.41) is 5.70. The molecule has 4 N–H and O–H groups in total. The van der Waals surface area contributed by atoms with Crippen molar-refractivity contribution in [2.45, 2.75) is 64.0 Å². The summed E-state index contributed by atoms with van der Waals surface area (Å²) < 4.78 is 0. The van der Waals surface area contributed by atoms with Crippen LogP contribution in [0, 0.1) is 0 Å². The Labute approximate surface area is 109 Å². The Morgan fingerprint density at radius 3 is 2.22 bits per heavy atom. The SMILES string of the molecule is CC(=O)NC1(C(=O)NCC(C)(C)N)CCCCC1. The highest BCUT2D eigenvalue weighted by Gasteiger charge is 2.40. The maximum Gasteiger partial charge on any atom is 0.245 e. The Morgan fingerprint density at radius 1 is 1.22 bits per heavy atom. The van der Waals surface area contributed by atoms with E-state index in [9.17, 15) is 9.59 Å². The quantitative estimate of drug-likeness (QED) is 0.690. The van der Waals surface area contributed by atoms with Crippen LogP contribution in [-0.2, 0) is 9.59 Å². The number of amides is 2. The van der Waals surface area contributed by atoms with E-state index in [2.05, 4.69) is 10.6 Å². The molecule has 0 radical (unpaired) electrons. The minimum atomic E-state index is -0.727. The fraction of sp³-hybridized carbons (Fsp3) is 0.846. The monoisotopic (exact) mass is 255 g/mol. The second-order valence-electron chi connectivity index (χ2n) is 6.00. The molecular formula is C13H25N3O2. The van der Waals surface area contributed by atoms with Crippen molar-refractivity contribution in [3.8, 4) is 0 Å². The molecular weight excluding hydrogens is 230 g/mol. The van der Waals surface area contributed by atoms with Gasteiger partial charge in [0.15, 0.2) is 0 Å². The van der Waals surface area contributed by atoms with Gasteiger partial charge in [0.05, 0.1) is 0 Å². The summed E-state index contributed by atoms with van der Waals surface area (Å²) in [5.41, 5.74) is 4.69. The van der Waals surface area contributed by atoms with Gasteiger partial charge in [-0.25, -0.2) is 0 Å². The molecule has 1 rings (SSSR count). The summed E-state index contributed by atoms with van der Waals surface area (Å²) in [6, 6.07) is 0. The lowest BCUT2D eigenvalue weighted by Gasteiger charge is -2.37. The molecule has 0 unspecified atom stereocenters. The Balaban J connectivity index is 2.70. The summed E-state index contributed by atoms with van der Waals surface area (Å²) in [6.07, 6.45) is 4.49. The number of hydrogen-bond acceptors (Lipinski definition) is 3. The Bertz CT molecular complexity index is 315. The lowest BCUT2D eigenvalue weighted by atomic mass is 9.80. The lowest BCUT2D eigenvalue weighted by Crippen LogP contribution is -2.61. The van der Waals surface area contributed by atoms with Crippen LogP contribution < -0.4 is 16.4 Å². The van der Waals surface area contributed by atoms with Crippen LogP contribution in [-0.4, -0.2) is 29.4 Å². The molecule has 1 aliphatic carbocycles. The number of nitrogens with one attached hydrogen (secondary N) is 2. The van der Waals surface area contributed by atoms with Crippen LogP contribution in [0.4, 0.5) is 0 Å². The van der Waals surface area contributed by atoms with Crippen LogP contribution in [0.15, 0.2) is 0 Å². The minimum absolute atomic E-state index is 0.101. The van der Waals surface area contributed by atoms with E-state index in [1.807, 2.05) is 13.8 Å².